The van der Waals surface area contributed by atoms with Crippen LogP contribution in [-0.4, -0.2) is 50.6 Å². The second kappa shape index (κ2) is 7.05. The number of nitrogens with one attached hydrogen (secondary N) is 2. The van der Waals surface area contributed by atoms with Gasteiger partial charge < -0.3 is 15.5 Å². The van der Waals surface area contributed by atoms with Crippen LogP contribution in [0.1, 0.15) is 25.3 Å². The van der Waals surface area contributed by atoms with Crippen LogP contribution in [0.5, 0.6) is 0 Å². The average Bonchev–Trinajstić information content (AvgIpc) is 2.53. The summed E-state index contributed by atoms with van der Waals surface area (Å²) in [6.07, 6.45) is 1.72. The summed E-state index contributed by atoms with van der Waals surface area (Å²) in [5, 5.41) is 6.52. The van der Waals surface area contributed by atoms with Crippen molar-refractivity contribution < 1.29 is 4.79 Å². The molecule has 1 aliphatic heterocycles. The van der Waals surface area contributed by atoms with E-state index in [-0.39, 0.29) is 11.3 Å². The molecular weight excluding hydrogens is 262 g/mol. The van der Waals surface area contributed by atoms with E-state index in [0.717, 1.165) is 31.5 Å². The van der Waals surface area contributed by atoms with Gasteiger partial charge in [-0.2, -0.15) is 0 Å². The molecule has 1 amide bonds. The van der Waals surface area contributed by atoms with Gasteiger partial charge in [-0.15, -0.1) is 0 Å². The maximum absolute atomic E-state index is 12.9. The number of carbonyl (C=O) groups excluding carboxylic acids is 1. The lowest BCUT2D eigenvalue weighted by Crippen LogP contribution is -2.52. The first-order valence-electron chi connectivity index (χ1n) is 7.77. The molecule has 4 nitrogen and oxygen atoms in total. The second-order valence-corrected chi connectivity index (χ2v) is 6.22. The first-order valence-corrected chi connectivity index (χ1v) is 7.77. The molecule has 1 heterocycles. The fraction of sp³-hybridized carbons (Fsp3) is 0.588. The second-order valence-electron chi connectivity index (χ2n) is 6.22. The molecule has 1 aliphatic rings. The summed E-state index contributed by atoms with van der Waals surface area (Å²) in [7, 11) is 4.07. The van der Waals surface area contributed by atoms with E-state index in [1.54, 1.807) is 0 Å². The van der Waals surface area contributed by atoms with Crippen molar-refractivity contribution in [3.8, 4) is 0 Å². The summed E-state index contributed by atoms with van der Waals surface area (Å²) in [4.78, 5) is 15.0. The van der Waals surface area contributed by atoms with Crippen molar-refractivity contribution in [3.05, 3.63) is 35.9 Å². The van der Waals surface area contributed by atoms with Gasteiger partial charge in [-0.05, 0) is 52.5 Å². The molecule has 1 unspecified atom stereocenters. The van der Waals surface area contributed by atoms with Crippen LogP contribution in [0.15, 0.2) is 30.3 Å². The SMILES string of the molecule is CC(CNC(=O)C1(c2ccccc2)CCNCC1)N(C)C. The zero-order valence-corrected chi connectivity index (χ0v) is 13.4. The standard InChI is InChI=1S/C17H27N3O/c1-14(20(2)3)13-19-16(21)17(9-11-18-12-10-17)15-7-5-4-6-8-15/h4-8,14,18H,9-13H2,1-3H3,(H,19,21). The molecule has 1 saturated heterocycles. The molecule has 0 bridgehead atoms. The quantitative estimate of drug-likeness (QED) is 0.860. The van der Waals surface area contributed by atoms with Crippen molar-refractivity contribution in [1.29, 1.82) is 0 Å². The summed E-state index contributed by atoms with van der Waals surface area (Å²) in [5.74, 6) is 0.170. The predicted octanol–water partition coefficient (Wildman–Crippen LogP) is 1.37. The van der Waals surface area contributed by atoms with Crippen molar-refractivity contribution in [1.82, 2.24) is 15.5 Å². The Morgan fingerprint density at radius 3 is 2.48 bits per heavy atom. The van der Waals surface area contributed by atoms with Gasteiger partial charge in [0.05, 0.1) is 5.41 Å². The van der Waals surface area contributed by atoms with Gasteiger partial charge in [0, 0.05) is 12.6 Å². The Hall–Kier alpha value is -1.39. The molecule has 0 saturated carbocycles. The first kappa shape index (κ1) is 16.0. The molecule has 2 N–H and O–H groups in total. The van der Waals surface area contributed by atoms with Crippen molar-refractivity contribution >= 4 is 5.91 Å². The lowest BCUT2D eigenvalue weighted by molar-refractivity contribution is -0.128. The molecule has 0 aliphatic carbocycles. The fourth-order valence-corrected chi connectivity index (χ4v) is 2.85. The maximum atomic E-state index is 12.9. The number of hydrogen-bond donors (Lipinski definition) is 2. The van der Waals surface area contributed by atoms with Gasteiger partial charge in [0.25, 0.3) is 0 Å². The summed E-state index contributed by atoms with van der Waals surface area (Å²) in [6, 6.07) is 10.6. The molecule has 1 atom stereocenters. The number of hydrogen-bond acceptors (Lipinski definition) is 3. The Labute approximate surface area is 127 Å². The van der Waals surface area contributed by atoms with Gasteiger partial charge in [0.15, 0.2) is 0 Å². The van der Waals surface area contributed by atoms with Crippen LogP contribution in [0.4, 0.5) is 0 Å². The van der Waals surface area contributed by atoms with Gasteiger partial charge >= 0.3 is 0 Å². The molecule has 2 rings (SSSR count). The average molecular weight is 289 g/mol. The topological polar surface area (TPSA) is 44.4 Å². The van der Waals surface area contributed by atoms with E-state index in [1.165, 1.54) is 0 Å². The zero-order chi connectivity index (χ0) is 15.3. The van der Waals surface area contributed by atoms with E-state index in [0.29, 0.717) is 12.6 Å². The van der Waals surface area contributed by atoms with Gasteiger partial charge in [-0.1, -0.05) is 30.3 Å². The van der Waals surface area contributed by atoms with Gasteiger partial charge in [-0.25, -0.2) is 0 Å². The Kier molecular flexibility index (Phi) is 5.37. The van der Waals surface area contributed by atoms with Crippen LogP contribution in [0.3, 0.4) is 0 Å². The summed E-state index contributed by atoms with van der Waals surface area (Å²) >= 11 is 0. The Morgan fingerprint density at radius 2 is 1.90 bits per heavy atom. The number of nitrogens with zero attached hydrogens (tertiary/aromatic N) is 1. The number of carbonyl (C=O) groups is 1. The molecule has 0 aromatic heterocycles. The van der Waals surface area contributed by atoms with E-state index >= 15 is 0 Å². The van der Waals surface area contributed by atoms with Crippen LogP contribution in [0.2, 0.25) is 0 Å². The molecule has 1 aromatic rings. The first-order chi connectivity index (χ1) is 10.1. The largest absolute Gasteiger partial charge is 0.354 e. The smallest absolute Gasteiger partial charge is 0.230 e. The maximum Gasteiger partial charge on any atom is 0.230 e. The van der Waals surface area contributed by atoms with Crippen molar-refractivity contribution in [3.63, 3.8) is 0 Å². The van der Waals surface area contributed by atoms with Gasteiger partial charge in [0.2, 0.25) is 5.91 Å². The number of rotatable bonds is 5. The van der Waals surface area contributed by atoms with Crippen molar-refractivity contribution in [2.75, 3.05) is 33.7 Å². The lowest BCUT2D eigenvalue weighted by atomic mass is 9.72. The monoisotopic (exact) mass is 289 g/mol. The minimum Gasteiger partial charge on any atom is -0.354 e. The van der Waals surface area contributed by atoms with E-state index < -0.39 is 0 Å². The molecule has 116 valence electrons. The molecule has 4 heteroatoms. The summed E-state index contributed by atoms with van der Waals surface area (Å²) in [6.45, 7) is 4.60. The van der Waals surface area contributed by atoms with Gasteiger partial charge in [0.1, 0.15) is 0 Å². The van der Waals surface area contributed by atoms with E-state index in [1.807, 2.05) is 32.3 Å². The highest BCUT2D eigenvalue weighted by atomic mass is 16.2. The fourth-order valence-electron chi connectivity index (χ4n) is 2.85. The number of piperidine rings is 1. The minimum atomic E-state index is -0.376. The molecule has 0 radical (unpaired) electrons. The van der Waals surface area contributed by atoms with Crippen LogP contribution in [-0.2, 0) is 10.2 Å². The molecular formula is C17H27N3O. The third-order valence-electron chi connectivity index (χ3n) is 4.66. The lowest BCUT2D eigenvalue weighted by Gasteiger charge is -2.37. The summed E-state index contributed by atoms with van der Waals surface area (Å²) < 4.78 is 0. The third-order valence-corrected chi connectivity index (χ3v) is 4.66. The predicted molar refractivity (Wildman–Crippen MR) is 86.4 cm³/mol. The van der Waals surface area contributed by atoms with E-state index in [2.05, 4.69) is 34.6 Å². The zero-order valence-electron chi connectivity index (χ0n) is 13.4. The number of amides is 1. The highest BCUT2D eigenvalue weighted by molar-refractivity contribution is 5.88. The van der Waals surface area contributed by atoms with E-state index in [4.69, 9.17) is 0 Å². The Balaban J connectivity index is 2.14. The third kappa shape index (κ3) is 3.63. The molecule has 0 spiro atoms. The Bertz CT molecular complexity index is 452. The van der Waals surface area contributed by atoms with E-state index in [9.17, 15) is 4.79 Å². The molecule has 1 fully saturated rings. The highest BCUT2D eigenvalue weighted by Gasteiger charge is 2.40. The molecule has 21 heavy (non-hydrogen) atoms. The van der Waals surface area contributed by atoms with Crippen molar-refractivity contribution in [2.45, 2.75) is 31.2 Å². The highest BCUT2D eigenvalue weighted by Crippen LogP contribution is 2.33. The summed E-state index contributed by atoms with van der Waals surface area (Å²) in [5.41, 5.74) is 0.764. The van der Waals surface area contributed by atoms with Crippen LogP contribution < -0.4 is 10.6 Å². The normalized spacial score (nSPS) is 19.2. The molecule has 1 aromatic carbocycles. The van der Waals surface area contributed by atoms with Crippen LogP contribution >= 0.6 is 0 Å². The number of benzene rings is 1. The van der Waals surface area contributed by atoms with Crippen LogP contribution in [0.25, 0.3) is 0 Å². The minimum absolute atomic E-state index is 0.170. The number of likely N-dealkylation sites (N-methyl/N-ethyl adjacent to an activating group) is 1. The van der Waals surface area contributed by atoms with Gasteiger partial charge in [-0.3, -0.25) is 4.79 Å². The van der Waals surface area contributed by atoms with Crippen molar-refractivity contribution in [2.24, 2.45) is 0 Å². The van der Waals surface area contributed by atoms with Crippen LogP contribution in [0, 0.1) is 0 Å². The Morgan fingerprint density at radius 1 is 1.29 bits per heavy atom.